The van der Waals surface area contributed by atoms with Crippen molar-refractivity contribution >= 4 is 68.0 Å². The van der Waals surface area contributed by atoms with Crippen LogP contribution >= 0.6 is 0 Å². The molecular formula is C94H110F9N21O2. The lowest BCUT2D eigenvalue weighted by atomic mass is 10.0. The summed E-state index contributed by atoms with van der Waals surface area (Å²) in [5, 5.41) is 51.1. The number of halogens is 9. The van der Waals surface area contributed by atoms with E-state index in [4.69, 9.17) is 19.7 Å². The maximum atomic E-state index is 13.7. The molecule has 23 nitrogen and oxygen atoms in total. The molecule has 6 aliphatic rings. The molecule has 0 unspecified atom stereocenters. The predicted molar refractivity (Wildman–Crippen MR) is 469 cm³/mol. The third kappa shape index (κ3) is 23.0. The van der Waals surface area contributed by atoms with Crippen LogP contribution in [0.4, 0.5) is 74.8 Å². The van der Waals surface area contributed by atoms with E-state index in [1.165, 1.54) is 133 Å². The van der Waals surface area contributed by atoms with Crippen LogP contribution in [0.2, 0.25) is 0 Å². The van der Waals surface area contributed by atoms with Gasteiger partial charge in [0, 0.05) is 118 Å². The van der Waals surface area contributed by atoms with Gasteiger partial charge in [0.05, 0.1) is 66.6 Å². The summed E-state index contributed by atoms with van der Waals surface area (Å²) in [6, 6.07) is 35.5. The summed E-state index contributed by atoms with van der Waals surface area (Å²) in [5.41, 5.74) is 11.7. The summed E-state index contributed by atoms with van der Waals surface area (Å²) in [5.74, 6) is 7.85. The number of nitrogens with zero attached hydrogens (tertiary/aromatic N) is 21. The molecule has 0 aliphatic heterocycles. The van der Waals surface area contributed by atoms with Crippen LogP contribution in [0.1, 0.15) is 166 Å². The minimum atomic E-state index is -4.45. The van der Waals surface area contributed by atoms with Crippen LogP contribution < -0.4 is 29.4 Å². The Labute approximate surface area is 727 Å². The van der Waals surface area contributed by atoms with E-state index in [9.17, 15) is 44.6 Å². The Balaban J connectivity index is 0.000000139. The average Bonchev–Trinajstić information content (AvgIpc) is 1.71. The van der Waals surface area contributed by atoms with E-state index < -0.39 is 35.2 Å². The van der Waals surface area contributed by atoms with Gasteiger partial charge in [0.1, 0.15) is 17.5 Å². The smallest absolute Gasteiger partial charge is 0.394 e. The topological polar surface area (TPSA) is 218 Å². The molecule has 126 heavy (non-hydrogen) atoms. The number of methoxy groups -OCH3 is 1. The maximum Gasteiger partial charge on any atom is 0.416 e. The molecule has 0 atom stereocenters. The second-order valence-corrected chi connectivity index (χ2v) is 36.0. The van der Waals surface area contributed by atoms with Gasteiger partial charge in [0.15, 0.2) is 0 Å². The van der Waals surface area contributed by atoms with Gasteiger partial charge >= 0.3 is 18.5 Å². The van der Waals surface area contributed by atoms with Crippen molar-refractivity contribution < 1.29 is 49.4 Å². The molecular weight excluding hydrogens is 1630 g/mol. The van der Waals surface area contributed by atoms with Gasteiger partial charge in [-0.25, -0.2) is 15.0 Å². The van der Waals surface area contributed by atoms with Gasteiger partial charge in [-0.3, -0.25) is 0 Å². The Hall–Kier alpha value is -11.2. The van der Waals surface area contributed by atoms with Crippen molar-refractivity contribution in [1.29, 1.82) is 0 Å². The number of hydrogen-bond donors (Lipinski definition) is 1. The van der Waals surface area contributed by atoms with Gasteiger partial charge in [-0.05, 0) is 270 Å². The monoisotopic (exact) mass is 1740 g/mol. The number of aromatic nitrogens is 15. The van der Waals surface area contributed by atoms with Crippen molar-refractivity contribution in [3.63, 3.8) is 0 Å². The van der Waals surface area contributed by atoms with Crippen molar-refractivity contribution in [2.45, 2.75) is 196 Å². The minimum absolute atomic E-state index is 0.145. The minimum Gasteiger partial charge on any atom is -0.394 e. The second-order valence-electron chi connectivity index (χ2n) is 36.0. The number of alkyl halides is 9. The molecule has 6 heterocycles. The fourth-order valence-electron chi connectivity index (χ4n) is 16.7. The highest BCUT2D eigenvalue weighted by atomic mass is 19.4. The van der Waals surface area contributed by atoms with E-state index >= 15 is 0 Å². The van der Waals surface area contributed by atoms with E-state index in [-0.39, 0.29) is 38.7 Å². The molecule has 18 rings (SSSR count). The molecule has 6 aromatic carbocycles. The van der Waals surface area contributed by atoms with Crippen molar-refractivity contribution in [2.75, 3.05) is 89.0 Å². The van der Waals surface area contributed by atoms with Gasteiger partial charge < -0.3 is 39.2 Å². The first-order valence-corrected chi connectivity index (χ1v) is 44.0. The SMILES string of the molecule is COCCn1nnc(N(Cc2cc(C)cc(C(F)(F)F)c2)Cc2cc3cccc(C)c3nc2N(CC2CC2)CC2CC2)n1.Cc1cc(CN(Cc2cc3ccc(C)c(C)c3nc2N(CC2CC2)CC2CC2)c2nnn(C)n2)cc(C(F)(F)F)c1.Cc1cc(CN(Cc2cc3cccc(C)c3nc2N(CC2CC2)CC2CC2)c2nnn(CCO)n2)cc(C(F)(F)F)c1. The molecule has 32 heteroatoms. The quantitative estimate of drug-likeness (QED) is 0.0365. The zero-order chi connectivity index (χ0) is 88.5. The van der Waals surface area contributed by atoms with Crippen LogP contribution in [0.3, 0.4) is 0 Å². The van der Waals surface area contributed by atoms with E-state index in [1.54, 1.807) is 53.1 Å². The van der Waals surface area contributed by atoms with Crippen LogP contribution in [-0.4, -0.2) is 140 Å². The highest BCUT2D eigenvalue weighted by Gasteiger charge is 2.39. The van der Waals surface area contributed by atoms with Crippen LogP contribution in [-0.2, 0) is 82.7 Å². The number of ether oxygens (including phenoxy) is 1. The van der Waals surface area contributed by atoms with Crippen LogP contribution in [0.25, 0.3) is 32.7 Å². The number of rotatable bonds is 35. The van der Waals surface area contributed by atoms with Gasteiger partial charge in [0.2, 0.25) is 0 Å². The predicted octanol–water partition coefficient (Wildman–Crippen LogP) is 18.6. The molecule has 1 N–H and O–H groups in total. The molecule has 6 aliphatic carbocycles. The summed E-state index contributed by atoms with van der Waals surface area (Å²) >= 11 is 0. The first-order chi connectivity index (χ1) is 60.3. The molecule has 6 saturated carbocycles. The number of aliphatic hydroxyl groups excluding tert-OH is 1. The normalized spacial score (nSPS) is 15.4. The second kappa shape index (κ2) is 37.4. The number of tetrazole rings is 3. The number of aliphatic hydroxyl groups is 1. The Morgan fingerprint density at radius 1 is 0.373 bits per heavy atom. The highest BCUT2D eigenvalue weighted by Crippen LogP contribution is 2.44. The molecule has 0 bridgehead atoms. The number of aryl methyl sites for hydroxylation is 8. The highest BCUT2D eigenvalue weighted by molar-refractivity contribution is 5.87. The number of hydrogen-bond acceptors (Lipinski definition) is 20. The fraction of sp³-hybridized carbons (Fsp3) is 0.489. The number of fused-ring (bicyclic) bond motifs is 3. The molecule has 0 radical (unpaired) electrons. The maximum absolute atomic E-state index is 13.7. The average molecular weight is 1740 g/mol. The molecule has 6 aromatic heterocycles. The van der Waals surface area contributed by atoms with E-state index in [0.717, 1.165) is 123 Å². The van der Waals surface area contributed by atoms with Crippen molar-refractivity contribution in [2.24, 2.45) is 42.6 Å². The molecule has 666 valence electrons. The lowest BCUT2D eigenvalue weighted by Gasteiger charge is -2.29. The first kappa shape index (κ1) is 88.3. The number of pyridine rings is 3. The van der Waals surface area contributed by atoms with E-state index in [0.29, 0.717) is 114 Å². The first-order valence-electron chi connectivity index (χ1n) is 44.0. The largest absolute Gasteiger partial charge is 0.416 e. The zero-order valence-corrected chi connectivity index (χ0v) is 73.0. The zero-order valence-electron chi connectivity index (χ0n) is 73.0. The number of benzene rings is 6. The Kier molecular flexibility index (Phi) is 26.2. The standard InChI is InChI=1S/C32H38F3N7O.C31H36F3N7O.C31H36F3N7/c1-21-13-25(15-28(14-21)32(33,34)35)19-41(31-37-39-42(38-31)11-12-43-3)20-27-16-26-6-4-5-22(2)29(26)36-30(27)40(17-23-7-8-23)18-24-9-10-24;1-20-12-24(14-27(13-20)31(32,33)34)18-40(30-36-38-41(37-30)10-11-42)19-26-15-25-5-3-4-21(2)28(25)35-29(26)39(16-22-6-7-22)17-23-8-9-23;1-19-11-24(13-27(12-19)31(32,33)34)17-41(30-36-38-39(4)37-30)18-26-14-25-10-5-20(2)21(3)28(25)35-29(26)40(15-22-6-7-22)16-23-8-9-23/h4-6,13-16,23-24H,7-12,17-20H2,1-3H3;3-5,12-15,22-23,42H,6-11,16-19H2,1-2H3;5,10-14,22-23H,6-9,15-18H2,1-4H3. The molecule has 0 amide bonds. The Bertz CT molecular complexity index is 5780. The van der Waals surface area contributed by atoms with Crippen molar-refractivity contribution in [3.05, 3.63) is 210 Å². The fourth-order valence-corrected chi connectivity index (χ4v) is 16.7. The number of anilines is 6. The lowest BCUT2D eigenvalue weighted by Crippen LogP contribution is -2.32. The van der Waals surface area contributed by atoms with E-state index in [2.05, 4.69) is 137 Å². The molecule has 0 saturated heterocycles. The molecule has 0 spiro atoms. The van der Waals surface area contributed by atoms with Gasteiger partial charge in [-0.1, -0.05) is 98.7 Å². The van der Waals surface area contributed by atoms with Crippen LogP contribution in [0, 0.1) is 84.0 Å². The summed E-state index contributed by atoms with van der Waals surface area (Å²) in [7, 11) is 3.29. The van der Waals surface area contributed by atoms with Crippen molar-refractivity contribution in [3.8, 4) is 0 Å². The summed E-state index contributed by atoms with van der Waals surface area (Å²) < 4.78 is 128. The summed E-state index contributed by atoms with van der Waals surface area (Å²) in [4.78, 5) is 32.9. The third-order valence-electron chi connectivity index (χ3n) is 24.4. The van der Waals surface area contributed by atoms with Crippen LogP contribution in [0.5, 0.6) is 0 Å². The molecule has 12 aromatic rings. The van der Waals surface area contributed by atoms with Gasteiger partial charge in [0.25, 0.3) is 17.8 Å². The van der Waals surface area contributed by atoms with E-state index in [1.807, 2.05) is 32.9 Å². The van der Waals surface area contributed by atoms with Crippen molar-refractivity contribution in [1.82, 2.24) is 75.6 Å². The van der Waals surface area contributed by atoms with Gasteiger partial charge in [-0.2, -0.15) is 53.9 Å². The Morgan fingerprint density at radius 2 is 0.706 bits per heavy atom. The lowest BCUT2D eigenvalue weighted by molar-refractivity contribution is -0.138. The number of para-hydroxylation sites is 2. The third-order valence-corrected chi connectivity index (χ3v) is 24.4. The summed E-state index contributed by atoms with van der Waals surface area (Å²) in [6.45, 7) is 21.6. The van der Waals surface area contributed by atoms with Gasteiger partial charge in [-0.15, -0.1) is 15.3 Å². The summed E-state index contributed by atoms with van der Waals surface area (Å²) in [6.07, 6.45) is 1.50. The van der Waals surface area contributed by atoms with Crippen LogP contribution in [0.15, 0.2) is 121 Å². The molecule has 6 fully saturated rings. The Morgan fingerprint density at radius 3 is 1.03 bits per heavy atom.